The molecular formula is C9H11F2N5O3. The van der Waals surface area contributed by atoms with Crippen LogP contribution in [-0.2, 0) is 0 Å². The third-order valence-corrected chi connectivity index (χ3v) is 1.57. The van der Waals surface area contributed by atoms with E-state index in [4.69, 9.17) is 7.10 Å². The van der Waals surface area contributed by atoms with Gasteiger partial charge in [0.15, 0.2) is 5.82 Å². The Morgan fingerprint density at radius 1 is 1.21 bits per heavy atom. The van der Waals surface area contributed by atoms with E-state index in [2.05, 4.69) is 4.98 Å². The van der Waals surface area contributed by atoms with Crippen LogP contribution in [0, 0.1) is 11.6 Å². The molecule has 104 valence electrons. The van der Waals surface area contributed by atoms with Crippen LogP contribution in [0.3, 0.4) is 0 Å². The minimum Gasteiger partial charge on any atom is -0.383 e. The van der Waals surface area contributed by atoms with Gasteiger partial charge in [0.2, 0.25) is 5.82 Å². The maximum absolute atomic E-state index is 12.1. The van der Waals surface area contributed by atoms with E-state index in [1.165, 1.54) is 7.40 Å². The molecule has 0 aliphatic heterocycles. The Kier molecular flexibility index (Phi) is 5.14. The molecule has 0 unspecified atom stereocenters. The molecule has 0 fully saturated rings. The maximum Gasteiger partial charge on any atom is 0.346 e. The number of halogens is 2. The van der Waals surface area contributed by atoms with E-state index in [1.807, 2.05) is 9.97 Å². The Bertz CT molecular complexity index is 711. The van der Waals surface area contributed by atoms with Crippen molar-refractivity contribution in [3.8, 4) is 0 Å². The Hall–Kier alpha value is -2.78. The van der Waals surface area contributed by atoms with Gasteiger partial charge in [-0.15, -0.1) is 0 Å². The van der Waals surface area contributed by atoms with Gasteiger partial charge in [0.05, 0.1) is 6.20 Å². The lowest BCUT2D eigenvalue weighted by molar-refractivity contribution is 0.597. The van der Waals surface area contributed by atoms with Gasteiger partial charge < -0.3 is 10.7 Å². The zero-order valence-corrected chi connectivity index (χ0v) is 9.66. The summed E-state index contributed by atoms with van der Waals surface area (Å²) in [5.74, 6) is -1.99. The van der Waals surface area contributed by atoms with Crippen LogP contribution in [-0.4, -0.2) is 19.9 Å². The van der Waals surface area contributed by atoms with Crippen LogP contribution in [0.2, 0.25) is 0 Å². The number of aromatic amines is 3. The first kappa shape index (κ1) is 14.3. The predicted molar refractivity (Wildman–Crippen MR) is 63.6 cm³/mol. The third-order valence-electron chi connectivity index (χ3n) is 1.57. The Morgan fingerprint density at radius 3 is 2.26 bits per heavy atom. The van der Waals surface area contributed by atoms with E-state index >= 15 is 0 Å². The predicted octanol–water partition coefficient (Wildman–Crippen LogP) is -0.670. The molecule has 0 spiro atoms. The fourth-order valence-corrected chi connectivity index (χ4v) is 0.785. The summed E-state index contributed by atoms with van der Waals surface area (Å²) in [6, 6.07) is 0. The van der Waals surface area contributed by atoms with Crippen LogP contribution in [0.15, 0.2) is 26.8 Å². The zero-order chi connectivity index (χ0) is 15.7. The van der Waals surface area contributed by atoms with Crippen molar-refractivity contribution in [3.05, 3.63) is 55.4 Å². The second-order valence-corrected chi connectivity index (χ2v) is 2.87. The number of hydrogen-bond acceptors (Lipinski definition) is 5. The van der Waals surface area contributed by atoms with Gasteiger partial charge in [0, 0.05) is 7.57 Å². The van der Waals surface area contributed by atoms with Crippen molar-refractivity contribution in [1.82, 2.24) is 19.9 Å². The van der Waals surface area contributed by atoms with Gasteiger partial charge in [-0.05, 0) is 0 Å². The van der Waals surface area contributed by atoms with E-state index < -0.39 is 28.6 Å². The molecule has 2 rings (SSSR count). The molecule has 0 aromatic carbocycles. The summed E-state index contributed by atoms with van der Waals surface area (Å²) in [5.41, 5.74) is 2.60. The first-order valence-corrected chi connectivity index (χ1v) is 4.38. The van der Waals surface area contributed by atoms with Gasteiger partial charge in [-0.3, -0.25) is 14.8 Å². The molecule has 0 aliphatic carbocycles. The quantitative estimate of drug-likeness (QED) is 0.505. The summed E-state index contributed by atoms with van der Waals surface area (Å²) in [7, 11) is 1.25. The van der Waals surface area contributed by atoms with Crippen LogP contribution in [0.5, 0.6) is 0 Å². The van der Waals surface area contributed by atoms with Crippen LogP contribution in [0.4, 0.5) is 14.6 Å². The number of nitrogen functional groups attached to an aromatic ring is 1. The maximum atomic E-state index is 12.1. The first-order chi connectivity index (χ1) is 9.40. The summed E-state index contributed by atoms with van der Waals surface area (Å²) in [6.07, 6.45) is 1.48. The Morgan fingerprint density at radius 2 is 1.84 bits per heavy atom. The molecule has 2 aromatic heterocycles. The number of aromatic nitrogens is 4. The molecule has 2 heterocycles. The van der Waals surface area contributed by atoms with Crippen molar-refractivity contribution in [2.45, 2.75) is 7.40 Å². The van der Waals surface area contributed by atoms with E-state index in [-0.39, 0.29) is 5.82 Å². The zero-order valence-electron chi connectivity index (χ0n) is 10.7. The lowest BCUT2D eigenvalue weighted by Crippen LogP contribution is -2.23. The van der Waals surface area contributed by atoms with E-state index in [0.29, 0.717) is 6.20 Å². The first-order valence-electron chi connectivity index (χ1n) is 5.38. The fraction of sp³-hybridized carbons (Fsp3) is 0.111. The smallest absolute Gasteiger partial charge is 0.346 e. The molecule has 2 aromatic rings. The van der Waals surface area contributed by atoms with Crippen LogP contribution in [0.1, 0.15) is 8.77 Å². The number of nitrogens with one attached hydrogen (secondary N) is 3. The highest BCUT2D eigenvalue weighted by Gasteiger charge is 1.95. The van der Waals surface area contributed by atoms with Gasteiger partial charge >= 0.3 is 11.4 Å². The fourth-order valence-electron chi connectivity index (χ4n) is 0.785. The highest BCUT2D eigenvalue weighted by atomic mass is 19.1. The molecule has 0 radical (unpaired) electrons. The average molecular weight is 276 g/mol. The highest BCUT2D eigenvalue weighted by molar-refractivity contribution is 5.25. The van der Waals surface area contributed by atoms with Gasteiger partial charge in [-0.25, -0.2) is 14.0 Å². The lowest BCUT2D eigenvalue weighted by Gasteiger charge is -1.89. The Labute approximate surface area is 105 Å². The van der Waals surface area contributed by atoms with Crippen LogP contribution < -0.4 is 22.7 Å². The SMILES string of the molecule is Nc1[nH]c(=O)ncc1F.O=c1[nH]cc(F)c(=O)[nH]1.[2H]C. The van der Waals surface area contributed by atoms with Gasteiger partial charge in [0.1, 0.15) is 5.82 Å². The molecule has 5 N–H and O–H groups in total. The van der Waals surface area contributed by atoms with E-state index in [1.54, 1.807) is 4.98 Å². The van der Waals surface area contributed by atoms with E-state index in [9.17, 15) is 23.2 Å². The number of anilines is 1. The van der Waals surface area contributed by atoms with Crippen LogP contribution >= 0.6 is 0 Å². The third kappa shape index (κ3) is 4.93. The molecule has 0 atom stereocenters. The summed E-state index contributed by atoms with van der Waals surface area (Å²) < 4.78 is 29.9. The summed E-state index contributed by atoms with van der Waals surface area (Å²) in [6.45, 7) is 0. The topological polar surface area (TPSA) is 137 Å². The average Bonchev–Trinajstić information content (AvgIpc) is 2.42. The number of H-pyrrole nitrogens is 3. The minimum atomic E-state index is -1.00. The van der Waals surface area contributed by atoms with Crippen molar-refractivity contribution < 1.29 is 10.2 Å². The van der Waals surface area contributed by atoms with Gasteiger partial charge in [0.25, 0.3) is 5.56 Å². The van der Waals surface area contributed by atoms with Crippen LogP contribution in [0.25, 0.3) is 0 Å². The van der Waals surface area contributed by atoms with Gasteiger partial charge in [-0.1, -0.05) is 7.40 Å². The molecule has 0 saturated heterocycles. The normalized spacial score (nSPS) is 9.32. The number of nitrogens with two attached hydrogens (primary N) is 1. The number of rotatable bonds is 0. The minimum absolute atomic E-state index is 0.282. The molecule has 19 heavy (non-hydrogen) atoms. The number of hydrogen-bond donors (Lipinski definition) is 4. The second kappa shape index (κ2) is 6.83. The van der Waals surface area contributed by atoms with Crippen molar-refractivity contribution in [2.24, 2.45) is 0 Å². The standard InChI is InChI=1S/C4H4FN3O.C4H3FN2O2.CH4/c5-2-1-7-4(9)8-3(2)6;5-2-1-6-4(9)7-3(2)8;/h1H,(H3,6,7,8,9);1H,(H2,6,7,8,9);1H4/i;;1D. The molecule has 0 bridgehead atoms. The lowest BCUT2D eigenvalue weighted by atomic mass is 10.6. The summed E-state index contributed by atoms with van der Waals surface area (Å²) in [4.78, 5) is 39.3. The second-order valence-electron chi connectivity index (χ2n) is 2.87. The van der Waals surface area contributed by atoms with Crippen molar-refractivity contribution in [1.29, 1.82) is 0 Å². The molecule has 10 heteroatoms. The highest BCUT2D eigenvalue weighted by Crippen LogP contribution is 1.96. The Balaban J connectivity index is 0.000000321. The molecule has 0 aliphatic rings. The molecule has 0 amide bonds. The van der Waals surface area contributed by atoms with E-state index in [0.717, 1.165) is 6.20 Å². The monoisotopic (exact) mass is 276 g/mol. The summed E-state index contributed by atoms with van der Waals surface area (Å²) in [5, 5.41) is 0. The molecule has 0 saturated carbocycles. The number of nitrogens with zero attached hydrogens (tertiary/aromatic N) is 1. The van der Waals surface area contributed by atoms with Crippen molar-refractivity contribution in [2.75, 3.05) is 5.73 Å². The largest absolute Gasteiger partial charge is 0.383 e. The molecular weight excluding hydrogens is 264 g/mol. The molecule has 8 nitrogen and oxygen atoms in total. The summed E-state index contributed by atoms with van der Waals surface area (Å²) >= 11 is 0. The van der Waals surface area contributed by atoms with Crippen molar-refractivity contribution in [3.63, 3.8) is 0 Å². The van der Waals surface area contributed by atoms with Gasteiger partial charge in [-0.2, -0.15) is 9.37 Å². The van der Waals surface area contributed by atoms with Crippen molar-refractivity contribution >= 4 is 5.82 Å².